The van der Waals surface area contributed by atoms with E-state index < -0.39 is 23.4 Å². The molecule has 0 unspecified atom stereocenters. The van der Waals surface area contributed by atoms with Crippen molar-refractivity contribution in [2.24, 2.45) is 0 Å². The molecule has 4 nitrogen and oxygen atoms in total. The van der Waals surface area contributed by atoms with Crippen molar-refractivity contribution in [3.63, 3.8) is 0 Å². The van der Waals surface area contributed by atoms with Crippen molar-refractivity contribution in [1.82, 2.24) is 4.98 Å². The summed E-state index contributed by atoms with van der Waals surface area (Å²) < 4.78 is 39.3. The smallest absolute Gasteiger partial charge is 0.274 e. The summed E-state index contributed by atoms with van der Waals surface area (Å²) >= 11 is 0. The van der Waals surface area contributed by atoms with Gasteiger partial charge < -0.3 is 10.6 Å². The Hall–Kier alpha value is -3.35. The van der Waals surface area contributed by atoms with E-state index in [1.54, 1.807) is 0 Å². The topological polar surface area (TPSA) is 54.0 Å². The average Bonchev–Trinajstić information content (AvgIpc) is 2.60. The molecule has 0 saturated carbocycles. The van der Waals surface area contributed by atoms with Crippen LogP contribution in [0.15, 0.2) is 60.8 Å². The predicted molar refractivity (Wildman–Crippen MR) is 88.2 cm³/mol. The number of nitrogens with zero attached hydrogens (tertiary/aromatic N) is 1. The van der Waals surface area contributed by atoms with E-state index in [0.29, 0.717) is 11.4 Å². The third-order valence-corrected chi connectivity index (χ3v) is 3.31. The first-order chi connectivity index (χ1) is 12.0. The summed E-state index contributed by atoms with van der Waals surface area (Å²) in [5, 5.41) is 5.32. The van der Waals surface area contributed by atoms with Crippen LogP contribution >= 0.6 is 0 Å². The summed E-state index contributed by atoms with van der Waals surface area (Å²) in [5.74, 6) is -2.28. The van der Waals surface area contributed by atoms with Crippen molar-refractivity contribution in [2.75, 3.05) is 10.6 Å². The number of hydrogen-bond acceptors (Lipinski definition) is 3. The first-order valence-corrected chi connectivity index (χ1v) is 7.26. The molecular weight excluding hydrogens is 331 g/mol. The number of carbonyl (C=O) groups is 1. The van der Waals surface area contributed by atoms with Crippen molar-refractivity contribution >= 4 is 23.0 Å². The van der Waals surface area contributed by atoms with Gasteiger partial charge in [-0.25, -0.2) is 18.2 Å². The first-order valence-electron chi connectivity index (χ1n) is 7.26. The van der Waals surface area contributed by atoms with Crippen molar-refractivity contribution in [1.29, 1.82) is 0 Å². The van der Waals surface area contributed by atoms with Crippen LogP contribution < -0.4 is 10.6 Å². The Kier molecular flexibility index (Phi) is 4.65. The fraction of sp³-hybridized carbons (Fsp3) is 0. The van der Waals surface area contributed by atoms with Gasteiger partial charge >= 0.3 is 0 Å². The van der Waals surface area contributed by atoms with E-state index in [2.05, 4.69) is 15.6 Å². The number of pyridine rings is 1. The van der Waals surface area contributed by atoms with E-state index >= 15 is 0 Å². The molecule has 0 saturated heterocycles. The molecule has 1 aromatic heterocycles. The molecule has 3 aromatic rings. The number of rotatable bonds is 4. The van der Waals surface area contributed by atoms with Crippen LogP contribution in [0.4, 0.5) is 30.2 Å². The Morgan fingerprint density at radius 2 is 1.52 bits per heavy atom. The largest absolute Gasteiger partial charge is 0.352 e. The van der Waals surface area contributed by atoms with E-state index in [0.717, 1.165) is 12.1 Å². The average molecular weight is 343 g/mol. The number of hydrogen-bond donors (Lipinski definition) is 2. The van der Waals surface area contributed by atoms with Gasteiger partial charge in [0, 0.05) is 11.8 Å². The second kappa shape index (κ2) is 7.04. The third kappa shape index (κ3) is 4.14. The fourth-order valence-electron chi connectivity index (χ4n) is 2.08. The highest BCUT2D eigenvalue weighted by molar-refractivity contribution is 6.02. The lowest BCUT2D eigenvalue weighted by molar-refractivity contribution is 0.102. The molecule has 126 valence electrons. The van der Waals surface area contributed by atoms with Gasteiger partial charge in [-0.05, 0) is 48.5 Å². The molecule has 0 radical (unpaired) electrons. The van der Waals surface area contributed by atoms with E-state index in [-0.39, 0.29) is 11.4 Å². The van der Waals surface area contributed by atoms with Gasteiger partial charge in [0.25, 0.3) is 5.91 Å². The van der Waals surface area contributed by atoms with Gasteiger partial charge in [-0.3, -0.25) is 4.79 Å². The summed E-state index contributed by atoms with van der Waals surface area (Å²) in [6.45, 7) is 0. The van der Waals surface area contributed by atoms with Crippen molar-refractivity contribution < 1.29 is 18.0 Å². The van der Waals surface area contributed by atoms with Crippen molar-refractivity contribution in [3.05, 3.63) is 83.9 Å². The highest BCUT2D eigenvalue weighted by Crippen LogP contribution is 2.20. The molecule has 0 fully saturated rings. The molecular formula is C18H12F3N3O. The fourth-order valence-corrected chi connectivity index (χ4v) is 2.08. The normalized spacial score (nSPS) is 10.4. The lowest BCUT2D eigenvalue weighted by Gasteiger charge is -2.08. The number of benzene rings is 2. The number of carbonyl (C=O) groups excluding carboxylic acids is 1. The highest BCUT2D eigenvalue weighted by Gasteiger charge is 2.09. The van der Waals surface area contributed by atoms with E-state index in [1.807, 2.05) is 0 Å². The number of amides is 1. The van der Waals surface area contributed by atoms with Gasteiger partial charge in [0.05, 0.1) is 17.6 Å². The zero-order chi connectivity index (χ0) is 17.8. The lowest BCUT2D eigenvalue weighted by Crippen LogP contribution is -2.13. The maximum absolute atomic E-state index is 13.6. The second-order valence-corrected chi connectivity index (χ2v) is 5.14. The molecule has 3 rings (SSSR count). The Bertz CT molecular complexity index is 896. The number of nitrogens with one attached hydrogen (secondary N) is 2. The molecule has 1 heterocycles. The molecule has 2 aromatic carbocycles. The van der Waals surface area contributed by atoms with Gasteiger partial charge in [-0.1, -0.05) is 0 Å². The van der Waals surface area contributed by atoms with Crippen LogP contribution in [-0.2, 0) is 0 Å². The molecule has 0 aliphatic rings. The van der Waals surface area contributed by atoms with Crippen LogP contribution in [0.25, 0.3) is 0 Å². The summed E-state index contributed by atoms with van der Waals surface area (Å²) in [7, 11) is 0. The van der Waals surface area contributed by atoms with Crippen LogP contribution in [-0.4, -0.2) is 10.9 Å². The maximum atomic E-state index is 13.6. The summed E-state index contributed by atoms with van der Waals surface area (Å²) in [4.78, 5) is 16.1. The summed E-state index contributed by atoms with van der Waals surface area (Å²) in [6, 6.07) is 11.5. The third-order valence-electron chi connectivity index (χ3n) is 3.31. The lowest BCUT2D eigenvalue weighted by atomic mass is 10.2. The molecule has 0 bridgehead atoms. The first kappa shape index (κ1) is 16.5. The number of aromatic nitrogens is 1. The molecule has 1 amide bonds. The van der Waals surface area contributed by atoms with Crippen LogP contribution in [0.2, 0.25) is 0 Å². The molecule has 0 spiro atoms. The minimum absolute atomic E-state index is 0.0895. The van der Waals surface area contributed by atoms with Gasteiger partial charge in [0.1, 0.15) is 23.1 Å². The summed E-state index contributed by atoms with van der Waals surface area (Å²) in [6.07, 6.45) is 1.35. The van der Waals surface area contributed by atoms with E-state index in [9.17, 15) is 18.0 Å². The van der Waals surface area contributed by atoms with Gasteiger partial charge in [0.15, 0.2) is 0 Å². The molecule has 0 aliphatic carbocycles. The van der Waals surface area contributed by atoms with E-state index in [1.165, 1.54) is 48.7 Å². The quantitative estimate of drug-likeness (QED) is 0.734. The molecule has 0 aliphatic heterocycles. The minimum atomic E-state index is -0.738. The minimum Gasteiger partial charge on any atom is -0.352 e. The monoisotopic (exact) mass is 343 g/mol. The van der Waals surface area contributed by atoms with Crippen LogP contribution in [0.3, 0.4) is 0 Å². The zero-order valence-corrected chi connectivity index (χ0v) is 12.8. The van der Waals surface area contributed by atoms with Crippen LogP contribution in [0.5, 0.6) is 0 Å². The number of halogens is 3. The maximum Gasteiger partial charge on any atom is 0.274 e. The molecule has 0 atom stereocenters. The predicted octanol–water partition coefficient (Wildman–Crippen LogP) is 4.49. The molecule has 2 N–H and O–H groups in total. The van der Waals surface area contributed by atoms with Crippen LogP contribution in [0, 0.1) is 17.5 Å². The Morgan fingerprint density at radius 1 is 0.840 bits per heavy atom. The molecule has 7 heteroatoms. The Balaban J connectivity index is 1.69. The second-order valence-electron chi connectivity index (χ2n) is 5.14. The van der Waals surface area contributed by atoms with E-state index in [4.69, 9.17) is 0 Å². The highest BCUT2D eigenvalue weighted by atomic mass is 19.1. The van der Waals surface area contributed by atoms with Gasteiger partial charge in [-0.2, -0.15) is 0 Å². The summed E-state index contributed by atoms with van der Waals surface area (Å²) in [5.41, 5.74) is 1.09. The Morgan fingerprint density at radius 3 is 2.16 bits per heavy atom. The van der Waals surface area contributed by atoms with Crippen LogP contribution in [0.1, 0.15) is 10.5 Å². The Labute approximate surface area is 141 Å². The van der Waals surface area contributed by atoms with Crippen molar-refractivity contribution in [2.45, 2.75) is 0 Å². The SMILES string of the molecule is O=C(Nc1ccc(F)cc1)c1ccc(Nc2ccc(F)cc2F)cn1. The number of anilines is 3. The van der Waals surface area contributed by atoms with Gasteiger partial charge in [-0.15, -0.1) is 0 Å². The zero-order valence-electron chi connectivity index (χ0n) is 12.8. The van der Waals surface area contributed by atoms with Crippen molar-refractivity contribution in [3.8, 4) is 0 Å². The standard InChI is InChI=1S/C18H12F3N3O/c19-11-1-4-13(5-2-11)24-18(25)17-8-6-14(10-22-17)23-16-7-3-12(20)9-15(16)21/h1-10,23H,(H,24,25). The van der Waals surface area contributed by atoms with Gasteiger partial charge in [0.2, 0.25) is 0 Å². The molecule has 25 heavy (non-hydrogen) atoms.